The van der Waals surface area contributed by atoms with E-state index in [9.17, 15) is 4.57 Å². The molecule has 3 atom stereocenters. The van der Waals surface area contributed by atoms with Crippen molar-refractivity contribution < 1.29 is 18.1 Å². The fourth-order valence-electron chi connectivity index (χ4n) is 3.60. The van der Waals surface area contributed by atoms with E-state index in [0.717, 1.165) is 77.0 Å². The normalized spacial score (nSPS) is 16.6. The fraction of sp³-hybridized carbons (Fsp3) is 1.00. The number of phosphoric acid groups is 1. The fourth-order valence-corrected chi connectivity index (χ4v) is 6.21. The first-order valence-corrected chi connectivity index (χ1v) is 15.9. The molecule has 32 heavy (non-hydrogen) atoms. The van der Waals surface area contributed by atoms with E-state index in [1.54, 1.807) is 0 Å². The van der Waals surface area contributed by atoms with Crippen molar-refractivity contribution in [2.24, 2.45) is 0 Å². The Hall–Kier alpha value is 0.980. The van der Waals surface area contributed by atoms with Crippen LogP contribution >= 0.6 is 42.6 Å². The summed E-state index contributed by atoms with van der Waals surface area (Å²) in [5.74, 6) is 1.33. The molecule has 0 bridgehead atoms. The zero-order chi connectivity index (χ0) is 24.1. The summed E-state index contributed by atoms with van der Waals surface area (Å²) >= 11 is 18.1. The maximum atomic E-state index is 14.0. The maximum Gasteiger partial charge on any atom is 0.475 e. The Labute approximate surface area is 213 Å². The molecule has 194 valence electrons. The lowest BCUT2D eigenvalue weighted by Crippen LogP contribution is -2.22. The highest BCUT2D eigenvalue weighted by molar-refractivity contribution is 7.48. The van der Waals surface area contributed by atoms with Crippen LogP contribution in [0.5, 0.6) is 0 Å². The molecular weight excluding hydrogens is 490 g/mol. The minimum Gasteiger partial charge on any atom is -0.283 e. The Bertz CT molecular complexity index is 395. The number of halogens is 3. The summed E-state index contributed by atoms with van der Waals surface area (Å²) in [5.41, 5.74) is 0. The summed E-state index contributed by atoms with van der Waals surface area (Å²) in [7, 11) is -3.80. The minimum atomic E-state index is -3.80. The van der Waals surface area contributed by atoms with Gasteiger partial charge in [0.1, 0.15) is 0 Å². The second-order valence-electron chi connectivity index (χ2n) is 8.55. The van der Waals surface area contributed by atoms with E-state index in [1.807, 2.05) is 0 Å². The molecular formula is C24H48Cl3O4P. The van der Waals surface area contributed by atoms with Gasteiger partial charge in [-0.1, -0.05) is 78.6 Å². The largest absolute Gasteiger partial charge is 0.475 e. The summed E-state index contributed by atoms with van der Waals surface area (Å²) < 4.78 is 32.4. The van der Waals surface area contributed by atoms with Crippen LogP contribution in [0.15, 0.2) is 0 Å². The molecule has 0 fully saturated rings. The van der Waals surface area contributed by atoms with E-state index >= 15 is 0 Å². The summed E-state index contributed by atoms with van der Waals surface area (Å²) in [6.07, 6.45) is 13.2. The Morgan fingerprint density at radius 1 is 0.531 bits per heavy atom. The number of alkyl halides is 3. The molecule has 8 heteroatoms. The number of phosphoric ester groups is 1. The maximum absolute atomic E-state index is 14.0. The molecule has 0 aliphatic rings. The third-order valence-corrected chi connectivity index (χ3v) is 7.84. The van der Waals surface area contributed by atoms with Gasteiger partial charge in [0.15, 0.2) is 0 Å². The van der Waals surface area contributed by atoms with Crippen molar-refractivity contribution in [3.05, 3.63) is 0 Å². The molecule has 4 nitrogen and oxygen atoms in total. The Morgan fingerprint density at radius 2 is 0.812 bits per heavy atom. The lowest BCUT2D eigenvalue weighted by molar-refractivity contribution is 0.0211. The highest BCUT2D eigenvalue weighted by atomic mass is 35.5. The summed E-state index contributed by atoms with van der Waals surface area (Å²) in [5, 5.41) is 0. The van der Waals surface area contributed by atoms with Crippen LogP contribution in [-0.2, 0) is 18.1 Å². The topological polar surface area (TPSA) is 44.8 Å². The third kappa shape index (κ3) is 17.4. The van der Waals surface area contributed by atoms with Gasteiger partial charge in [-0.3, -0.25) is 13.6 Å². The van der Waals surface area contributed by atoms with Crippen LogP contribution in [0.3, 0.4) is 0 Å². The second kappa shape index (κ2) is 22.4. The van der Waals surface area contributed by atoms with Crippen molar-refractivity contribution in [2.45, 2.75) is 135 Å². The van der Waals surface area contributed by atoms with Crippen LogP contribution in [0.2, 0.25) is 0 Å². The van der Waals surface area contributed by atoms with Crippen LogP contribution in [0.1, 0.15) is 117 Å². The number of rotatable bonds is 24. The molecule has 0 heterocycles. The van der Waals surface area contributed by atoms with Crippen LogP contribution in [-0.4, -0.2) is 36.0 Å². The first-order chi connectivity index (χ1) is 15.5. The smallest absolute Gasteiger partial charge is 0.283 e. The zero-order valence-corrected chi connectivity index (χ0v) is 23.8. The molecule has 0 aromatic heterocycles. The number of hydrogen-bond acceptors (Lipinski definition) is 4. The van der Waals surface area contributed by atoms with Gasteiger partial charge in [0.2, 0.25) is 0 Å². The molecule has 0 amide bonds. The van der Waals surface area contributed by atoms with Gasteiger partial charge in [-0.05, 0) is 38.5 Å². The molecule has 0 aromatic carbocycles. The van der Waals surface area contributed by atoms with Gasteiger partial charge >= 0.3 is 7.82 Å². The van der Waals surface area contributed by atoms with Crippen molar-refractivity contribution in [1.29, 1.82) is 0 Å². The van der Waals surface area contributed by atoms with E-state index < -0.39 is 7.82 Å². The molecule has 0 aromatic rings. The van der Waals surface area contributed by atoms with Gasteiger partial charge in [0.25, 0.3) is 0 Å². The molecule has 3 unspecified atom stereocenters. The van der Waals surface area contributed by atoms with Crippen molar-refractivity contribution in [1.82, 2.24) is 0 Å². The zero-order valence-electron chi connectivity index (χ0n) is 20.7. The molecule has 0 saturated carbocycles. The Kier molecular flexibility index (Phi) is 23.1. The predicted molar refractivity (Wildman–Crippen MR) is 141 cm³/mol. The molecule has 0 rings (SSSR count). The van der Waals surface area contributed by atoms with Crippen LogP contribution in [0.25, 0.3) is 0 Å². The van der Waals surface area contributed by atoms with Crippen molar-refractivity contribution in [2.75, 3.05) is 17.6 Å². The van der Waals surface area contributed by atoms with E-state index in [2.05, 4.69) is 20.8 Å². The molecule has 0 aliphatic carbocycles. The van der Waals surface area contributed by atoms with Gasteiger partial charge in [-0.15, -0.1) is 34.8 Å². The quantitative estimate of drug-likeness (QED) is 0.0698. The minimum absolute atomic E-state index is 0.246. The van der Waals surface area contributed by atoms with E-state index in [0.29, 0.717) is 36.9 Å². The Balaban J connectivity index is 5.48. The molecule has 0 saturated heterocycles. The lowest BCUT2D eigenvalue weighted by atomic mass is 10.1. The average molecular weight is 538 g/mol. The van der Waals surface area contributed by atoms with Gasteiger partial charge in [0.05, 0.1) is 18.3 Å². The predicted octanol–water partition coefficient (Wildman–Crippen LogP) is 9.88. The van der Waals surface area contributed by atoms with Crippen LogP contribution in [0.4, 0.5) is 0 Å². The van der Waals surface area contributed by atoms with Crippen LogP contribution in [0, 0.1) is 0 Å². The van der Waals surface area contributed by atoms with Crippen molar-refractivity contribution in [3.8, 4) is 0 Å². The van der Waals surface area contributed by atoms with Gasteiger partial charge in [-0.2, -0.15) is 0 Å². The number of unbranched alkanes of at least 4 members (excludes halogenated alkanes) is 6. The highest BCUT2D eigenvalue weighted by Gasteiger charge is 2.36. The number of hydrogen-bond donors (Lipinski definition) is 0. The molecule has 0 spiro atoms. The van der Waals surface area contributed by atoms with Gasteiger partial charge in [-0.25, -0.2) is 4.57 Å². The molecule has 0 radical (unpaired) electrons. The lowest BCUT2D eigenvalue weighted by Gasteiger charge is -2.30. The van der Waals surface area contributed by atoms with Gasteiger partial charge in [0, 0.05) is 17.6 Å². The SMILES string of the molecule is CCCCCC(CCCl)OP(=O)(OC(CCCl)CCCCC)OC(CCCl)CCCCC. The summed E-state index contributed by atoms with van der Waals surface area (Å²) in [6, 6.07) is 0. The van der Waals surface area contributed by atoms with E-state index in [-0.39, 0.29) is 18.3 Å². The third-order valence-electron chi connectivity index (χ3n) is 5.52. The Morgan fingerprint density at radius 3 is 1.03 bits per heavy atom. The van der Waals surface area contributed by atoms with Crippen molar-refractivity contribution in [3.63, 3.8) is 0 Å². The van der Waals surface area contributed by atoms with Crippen molar-refractivity contribution >= 4 is 42.6 Å². The van der Waals surface area contributed by atoms with E-state index in [1.165, 1.54) is 0 Å². The first-order valence-electron chi connectivity index (χ1n) is 12.8. The van der Waals surface area contributed by atoms with Gasteiger partial charge < -0.3 is 0 Å². The summed E-state index contributed by atoms with van der Waals surface area (Å²) in [6.45, 7) is 6.48. The first kappa shape index (κ1) is 33.0. The monoisotopic (exact) mass is 536 g/mol. The second-order valence-corrected chi connectivity index (χ2v) is 11.2. The standard InChI is InChI=1S/C24H48Cl3O4P/c1-4-7-10-13-22(16-19-25)29-32(28,30-23(17-20-26)14-11-8-5-2)31-24(18-21-27)15-12-9-6-3/h22-24H,4-21H2,1-3H3. The summed E-state index contributed by atoms with van der Waals surface area (Å²) in [4.78, 5) is 0. The van der Waals surface area contributed by atoms with E-state index in [4.69, 9.17) is 48.4 Å². The van der Waals surface area contributed by atoms with Crippen LogP contribution < -0.4 is 0 Å². The molecule has 0 N–H and O–H groups in total. The molecule has 0 aliphatic heterocycles. The average Bonchev–Trinajstić information content (AvgIpc) is 2.74. The highest BCUT2D eigenvalue weighted by Crippen LogP contribution is 2.55.